The number of amides is 1. The van der Waals surface area contributed by atoms with Gasteiger partial charge in [-0.25, -0.2) is 0 Å². The molecule has 0 heterocycles. The molecular formula is C13H23NO3S. The minimum absolute atomic E-state index is 0.0383. The third-order valence-corrected chi connectivity index (χ3v) is 4.71. The van der Waals surface area contributed by atoms with Gasteiger partial charge < -0.3 is 10.4 Å². The van der Waals surface area contributed by atoms with Crippen molar-refractivity contribution in [2.75, 3.05) is 11.5 Å². The first-order valence-electron chi connectivity index (χ1n) is 6.59. The number of rotatable bonds is 6. The Morgan fingerprint density at radius 1 is 1.33 bits per heavy atom. The average Bonchev–Trinajstić information content (AvgIpc) is 2.30. The number of thioether (sulfide) groups is 1. The molecule has 1 rings (SSSR count). The summed E-state index contributed by atoms with van der Waals surface area (Å²) in [7, 11) is 0. The normalized spacial score (nSPS) is 27.8. The minimum Gasteiger partial charge on any atom is -0.481 e. The van der Waals surface area contributed by atoms with Crippen LogP contribution in [-0.4, -0.2) is 34.5 Å². The van der Waals surface area contributed by atoms with Crippen molar-refractivity contribution in [3.8, 4) is 0 Å². The van der Waals surface area contributed by atoms with Gasteiger partial charge in [0.2, 0.25) is 5.91 Å². The smallest absolute Gasteiger partial charge is 0.304 e. The van der Waals surface area contributed by atoms with Gasteiger partial charge in [0.05, 0.1) is 12.2 Å². The summed E-state index contributed by atoms with van der Waals surface area (Å²) in [5.74, 6) is 1.30. The molecule has 0 aliphatic heterocycles. The molecule has 0 saturated heterocycles. The Hall–Kier alpha value is -0.710. The third-order valence-electron chi connectivity index (χ3n) is 3.75. The largest absolute Gasteiger partial charge is 0.481 e. The van der Waals surface area contributed by atoms with Gasteiger partial charge >= 0.3 is 5.97 Å². The van der Waals surface area contributed by atoms with Gasteiger partial charge in [-0.3, -0.25) is 9.59 Å². The number of carboxylic acids is 1. The molecule has 1 saturated carbocycles. The molecular weight excluding hydrogens is 250 g/mol. The third kappa shape index (κ3) is 5.29. The van der Waals surface area contributed by atoms with Crippen molar-refractivity contribution < 1.29 is 14.7 Å². The van der Waals surface area contributed by atoms with Crippen molar-refractivity contribution in [1.29, 1.82) is 0 Å². The van der Waals surface area contributed by atoms with Crippen molar-refractivity contribution in [2.24, 2.45) is 11.8 Å². The van der Waals surface area contributed by atoms with E-state index in [0.29, 0.717) is 29.4 Å². The fourth-order valence-electron chi connectivity index (χ4n) is 2.36. The maximum Gasteiger partial charge on any atom is 0.304 e. The molecule has 0 aromatic carbocycles. The molecule has 0 radical (unpaired) electrons. The highest BCUT2D eigenvalue weighted by Crippen LogP contribution is 2.29. The first kappa shape index (κ1) is 15.3. The number of nitrogens with one attached hydrogen (secondary N) is 1. The summed E-state index contributed by atoms with van der Waals surface area (Å²) < 4.78 is 0. The van der Waals surface area contributed by atoms with Crippen LogP contribution in [0.5, 0.6) is 0 Å². The molecule has 3 atom stereocenters. The Labute approximate surface area is 113 Å². The minimum atomic E-state index is -0.808. The van der Waals surface area contributed by atoms with Gasteiger partial charge in [0.25, 0.3) is 0 Å². The zero-order valence-corrected chi connectivity index (χ0v) is 12.0. The van der Waals surface area contributed by atoms with E-state index in [2.05, 4.69) is 19.2 Å². The van der Waals surface area contributed by atoms with Gasteiger partial charge in [-0.15, -0.1) is 0 Å². The van der Waals surface area contributed by atoms with Crippen LogP contribution < -0.4 is 5.32 Å². The van der Waals surface area contributed by atoms with Crippen LogP contribution in [0.15, 0.2) is 0 Å². The number of carboxylic acid groups (broad SMARTS) is 1. The first-order valence-corrected chi connectivity index (χ1v) is 7.75. The Balaban J connectivity index is 2.20. The average molecular weight is 273 g/mol. The lowest BCUT2D eigenvalue weighted by atomic mass is 9.78. The van der Waals surface area contributed by atoms with Gasteiger partial charge in [0.1, 0.15) is 0 Å². The lowest BCUT2D eigenvalue weighted by Crippen LogP contribution is -2.44. The van der Waals surface area contributed by atoms with Gasteiger partial charge in [-0.2, -0.15) is 11.8 Å². The molecule has 1 fully saturated rings. The zero-order valence-electron chi connectivity index (χ0n) is 11.1. The number of hydrogen-bond donors (Lipinski definition) is 2. The summed E-state index contributed by atoms with van der Waals surface area (Å²) in [5.41, 5.74) is 0. The maximum atomic E-state index is 11.7. The number of aliphatic carboxylic acids is 1. The summed E-state index contributed by atoms with van der Waals surface area (Å²) in [5, 5.41) is 11.6. The van der Waals surface area contributed by atoms with E-state index in [1.807, 2.05) is 0 Å². The summed E-state index contributed by atoms with van der Waals surface area (Å²) >= 11 is 1.39. The van der Waals surface area contributed by atoms with E-state index in [9.17, 15) is 9.59 Å². The summed E-state index contributed by atoms with van der Waals surface area (Å²) in [6, 6.07) is 0.293. The van der Waals surface area contributed by atoms with Crippen molar-refractivity contribution in [2.45, 2.75) is 45.6 Å². The number of hydrogen-bond acceptors (Lipinski definition) is 3. The fraction of sp³-hybridized carbons (Fsp3) is 0.846. The molecule has 5 heteroatoms. The molecule has 0 aromatic rings. The molecule has 1 aliphatic rings. The standard InChI is InChI=1S/C13H23NO3S/c1-9-4-3-5-11(10(9)2)14-12(15)8-18-7-6-13(16)17/h9-11H,3-8H2,1-2H3,(H,14,15)(H,16,17)/t9-,10+,11+/m0/s1. The predicted octanol–water partition coefficient (Wildman–Crippen LogP) is 2.14. The van der Waals surface area contributed by atoms with Crippen LogP contribution in [0, 0.1) is 11.8 Å². The molecule has 2 N–H and O–H groups in total. The summed E-state index contributed by atoms with van der Waals surface area (Å²) in [6.07, 6.45) is 3.62. The van der Waals surface area contributed by atoms with E-state index < -0.39 is 5.97 Å². The highest BCUT2D eigenvalue weighted by atomic mass is 32.2. The van der Waals surface area contributed by atoms with E-state index in [-0.39, 0.29) is 12.3 Å². The maximum absolute atomic E-state index is 11.7. The van der Waals surface area contributed by atoms with Gasteiger partial charge in [0, 0.05) is 11.8 Å². The molecule has 0 bridgehead atoms. The highest BCUT2D eigenvalue weighted by Gasteiger charge is 2.27. The summed E-state index contributed by atoms with van der Waals surface area (Å²) in [6.45, 7) is 4.44. The van der Waals surface area contributed by atoms with Crippen LogP contribution in [0.1, 0.15) is 39.5 Å². The van der Waals surface area contributed by atoms with Crippen molar-refractivity contribution in [3.63, 3.8) is 0 Å². The van der Waals surface area contributed by atoms with E-state index in [0.717, 1.165) is 6.42 Å². The quantitative estimate of drug-likeness (QED) is 0.728. The lowest BCUT2D eigenvalue weighted by molar-refractivity contribution is -0.136. The zero-order chi connectivity index (χ0) is 13.5. The highest BCUT2D eigenvalue weighted by molar-refractivity contribution is 7.99. The second kappa shape index (κ2) is 7.67. The Kier molecular flexibility index (Phi) is 6.54. The van der Waals surface area contributed by atoms with Crippen LogP contribution in [-0.2, 0) is 9.59 Å². The predicted molar refractivity (Wildman–Crippen MR) is 73.7 cm³/mol. The van der Waals surface area contributed by atoms with Crippen LogP contribution in [0.25, 0.3) is 0 Å². The van der Waals surface area contributed by atoms with Crippen molar-refractivity contribution in [1.82, 2.24) is 5.32 Å². The van der Waals surface area contributed by atoms with Crippen LogP contribution in [0.2, 0.25) is 0 Å². The van der Waals surface area contributed by atoms with E-state index >= 15 is 0 Å². The molecule has 4 nitrogen and oxygen atoms in total. The SMILES string of the molecule is C[C@@H]1[C@@H](C)CCC[C@H]1NC(=O)CSCCC(=O)O. The molecule has 0 unspecified atom stereocenters. The second-order valence-corrected chi connectivity index (χ2v) is 6.24. The van der Waals surface area contributed by atoms with Crippen molar-refractivity contribution in [3.05, 3.63) is 0 Å². The fourth-order valence-corrected chi connectivity index (χ4v) is 3.09. The second-order valence-electron chi connectivity index (χ2n) is 5.14. The number of carbonyl (C=O) groups is 2. The van der Waals surface area contributed by atoms with Gasteiger partial charge in [-0.05, 0) is 18.3 Å². The van der Waals surface area contributed by atoms with Crippen LogP contribution in [0.3, 0.4) is 0 Å². The lowest BCUT2D eigenvalue weighted by Gasteiger charge is -2.34. The molecule has 18 heavy (non-hydrogen) atoms. The number of carbonyl (C=O) groups excluding carboxylic acids is 1. The van der Waals surface area contributed by atoms with Crippen LogP contribution >= 0.6 is 11.8 Å². The Morgan fingerprint density at radius 3 is 2.72 bits per heavy atom. The molecule has 0 aromatic heterocycles. The van der Waals surface area contributed by atoms with Gasteiger partial charge in [-0.1, -0.05) is 26.7 Å². The monoisotopic (exact) mass is 273 g/mol. The van der Waals surface area contributed by atoms with Crippen molar-refractivity contribution >= 4 is 23.6 Å². The van der Waals surface area contributed by atoms with E-state index in [4.69, 9.17) is 5.11 Å². The van der Waals surface area contributed by atoms with Crippen LogP contribution in [0.4, 0.5) is 0 Å². The first-order chi connectivity index (χ1) is 8.50. The van der Waals surface area contributed by atoms with Gasteiger partial charge in [0.15, 0.2) is 0 Å². The van der Waals surface area contributed by atoms with E-state index in [1.165, 1.54) is 24.6 Å². The Morgan fingerprint density at radius 2 is 2.06 bits per heavy atom. The summed E-state index contributed by atoms with van der Waals surface area (Å²) in [4.78, 5) is 22.1. The Bertz CT molecular complexity index is 296. The topological polar surface area (TPSA) is 66.4 Å². The molecule has 1 aliphatic carbocycles. The molecule has 1 amide bonds. The molecule has 0 spiro atoms. The molecule has 104 valence electrons. The van der Waals surface area contributed by atoms with E-state index in [1.54, 1.807) is 0 Å².